The standard InChI is InChI=1S/C40H39FN4O4/c1-7-31(47)43-20-27-21-49-39-33(26-12-9-8-10-13-26)35(32-23(4)16-17-42-36(32)22(2)3)34-28(37(39)44(27)19-25(43)6)18-24(5)45(40(34)48)38-29(41)14-11-15-30(38)46/h7-18,22,25,27,46H,1,19-21H2,2-6H3. The molecular formula is C40H39FN4O4. The van der Waals surface area contributed by atoms with Crippen molar-refractivity contribution in [2.24, 2.45) is 0 Å². The van der Waals surface area contributed by atoms with E-state index in [9.17, 15) is 9.90 Å². The smallest absolute Gasteiger partial charge is 0.264 e. The van der Waals surface area contributed by atoms with Crippen LogP contribution in [0.4, 0.5) is 10.1 Å². The van der Waals surface area contributed by atoms with Gasteiger partial charge in [-0.05, 0) is 68.2 Å². The van der Waals surface area contributed by atoms with Gasteiger partial charge in [0.2, 0.25) is 5.91 Å². The first-order valence-electron chi connectivity index (χ1n) is 16.6. The minimum Gasteiger partial charge on any atom is -0.506 e. The highest BCUT2D eigenvalue weighted by atomic mass is 19.1. The molecule has 2 aliphatic rings. The molecule has 1 saturated heterocycles. The number of phenols is 1. The number of rotatable bonds is 5. The zero-order valence-corrected chi connectivity index (χ0v) is 28.3. The molecule has 5 aromatic rings. The zero-order chi connectivity index (χ0) is 34.7. The number of fused-ring (bicyclic) bond motifs is 5. The van der Waals surface area contributed by atoms with Gasteiger partial charge in [-0.25, -0.2) is 4.39 Å². The van der Waals surface area contributed by atoms with Crippen LogP contribution in [-0.4, -0.2) is 57.2 Å². The van der Waals surface area contributed by atoms with Crippen LogP contribution in [0, 0.1) is 19.7 Å². The third-order valence-electron chi connectivity index (χ3n) is 9.83. The second kappa shape index (κ2) is 12.2. The summed E-state index contributed by atoms with van der Waals surface area (Å²) in [5.74, 6) is -0.542. The van der Waals surface area contributed by atoms with E-state index in [2.05, 4.69) is 25.3 Å². The van der Waals surface area contributed by atoms with E-state index in [1.807, 2.05) is 61.2 Å². The van der Waals surface area contributed by atoms with Crippen molar-refractivity contribution in [3.05, 3.63) is 113 Å². The lowest BCUT2D eigenvalue weighted by Crippen LogP contribution is -2.61. The number of aromatic hydroxyl groups is 1. The monoisotopic (exact) mass is 658 g/mol. The first-order valence-corrected chi connectivity index (χ1v) is 16.6. The number of amides is 1. The molecule has 1 amide bonds. The molecule has 2 unspecified atom stereocenters. The molecule has 3 aromatic carbocycles. The third-order valence-corrected chi connectivity index (χ3v) is 9.83. The number of benzene rings is 3. The summed E-state index contributed by atoms with van der Waals surface area (Å²) in [7, 11) is 0. The summed E-state index contributed by atoms with van der Waals surface area (Å²) >= 11 is 0. The van der Waals surface area contributed by atoms with E-state index in [1.54, 1.807) is 13.1 Å². The lowest BCUT2D eigenvalue weighted by atomic mass is 9.83. The quantitative estimate of drug-likeness (QED) is 0.200. The highest BCUT2D eigenvalue weighted by molar-refractivity contribution is 6.14. The Labute approximate surface area is 284 Å². The highest BCUT2D eigenvalue weighted by Gasteiger charge is 2.41. The minimum absolute atomic E-state index is 0.00881. The predicted molar refractivity (Wildman–Crippen MR) is 191 cm³/mol. The van der Waals surface area contributed by atoms with Crippen molar-refractivity contribution in [1.29, 1.82) is 0 Å². The number of piperazine rings is 1. The average molecular weight is 659 g/mol. The molecule has 0 bridgehead atoms. The van der Waals surface area contributed by atoms with E-state index in [0.717, 1.165) is 33.6 Å². The Morgan fingerprint density at radius 2 is 1.80 bits per heavy atom. The molecule has 49 heavy (non-hydrogen) atoms. The maximum atomic E-state index is 15.6. The summed E-state index contributed by atoms with van der Waals surface area (Å²) in [5, 5.41) is 12.0. The molecular weight excluding hydrogens is 619 g/mol. The Morgan fingerprint density at radius 1 is 1.04 bits per heavy atom. The number of pyridine rings is 2. The van der Waals surface area contributed by atoms with Gasteiger partial charge in [0.1, 0.15) is 18.0 Å². The molecule has 0 radical (unpaired) electrons. The van der Waals surface area contributed by atoms with E-state index in [0.29, 0.717) is 47.5 Å². The molecule has 0 aliphatic carbocycles. The van der Waals surface area contributed by atoms with Crippen molar-refractivity contribution < 1.29 is 19.0 Å². The van der Waals surface area contributed by atoms with E-state index in [4.69, 9.17) is 9.72 Å². The molecule has 8 nitrogen and oxygen atoms in total. The number of hydrogen-bond donors (Lipinski definition) is 1. The molecule has 0 saturated carbocycles. The van der Waals surface area contributed by atoms with Crippen LogP contribution in [0.5, 0.6) is 11.5 Å². The average Bonchev–Trinajstić information content (AvgIpc) is 3.08. The van der Waals surface area contributed by atoms with Gasteiger partial charge in [0.15, 0.2) is 11.6 Å². The molecule has 2 aromatic heterocycles. The Kier molecular flexibility index (Phi) is 8.01. The van der Waals surface area contributed by atoms with Gasteiger partial charge < -0.3 is 19.6 Å². The predicted octanol–water partition coefficient (Wildman–Crippen LogP) is 7.29. The van der Waals surface area contributed by atoms with Gasteiger partial charge in [-0.2, -0.15) is 0 Å². The third kappa shape index (κ3) is 5.07. The largest absolute Gasteiger partial charge is 0.506 e. The number of para-hydroxylation sites is 1. The molecule has 250 valence electrons. The maximum Gasteiger partial charge on any atom is 0.264 e. The van der Waals surface area contributed by atoms with E-state index < -0.39 is 11.4 Å². The van der Waals surface area contributed by atoms with Crippen molar-refractivity contribution in [3.8, 4) is 39.4 Å². The minimum atomic E-state index is -0.715. The van der Waals surface area contributed by atoms with Crippen molar-refractivity contribution in [1.82, 2.24) is 14.5 Å². The summed E-state index contributed by atoms with van der Waals surface area (Å²) in [6.07, 6.45) is 3.12. The topological polar surface area (TPSA) is 87.9 Å². The van der Waals surface area contributed by atoms with Crippen LogP contribution in [0.3, 0.4) is 0 Å². The first kappa shape index (κ1) is 32.1. The number of phenolic OH excluding ortho intramolecular Hbond substituents is 1. The number of hydrogen-bond acceptors (Lipinski definition) is 6. The van der Waals surface area contributed by atoms with Gasteiger partial charge in [-0.3, -0.25) is 19.1 Å². The van der Waals surface area contributed by atoms with E-state index >= 15 is 9.18 Å². The number of ether oxygens (including phenoxy) is 1. The highest BCUT2D eigenvalue weighted by Crippen LogP contribution is 2.54. The van der Waals surface area contributed by atoms with Gasteiger partial charge in [0.25, 0.3) is 5.56 Å². The van der Waals surface area contributed by atoms with Gasteiger partial charge in [-0.1, -0.05) is 56.8 Å². The van der Waals surface area contributed by atoms with E-state index in [-0.39, 0.29) is 35.3 Å². The van der Waals surface area contributed by atoms with Crippen LogP contribution >= 0.6 is 0 Å². The van der Waals surface area contributed by atoms with Crippen LogP contribution in [0.2, 0.25) is 0 Å². The number of nitrogens with zero attached hydrogens (tertiary/aromatic N) is 4. The summed E-state index contributed by atoms with van der Waals surface area (Å²) in [5.41, 5.74) is 5.31. The fraction of sp³-hybridized carbons (Fsp3) is 0.275. The summed E-state index contributed by atoms with van der Waals surface area (Å²) in [6.45, 7) is 14.9. The number of aromatic nitrogens is 2. The molecule has 0 spiro atoms. The van der Waals surface area contributed by atoms with Crippen molar-refractivity contribution in [2.45, 2.75) is 52.6 Å². The molecule has 9 heteroatoms. The molecule has 7 rings (SSSR count). The van der Waals surface area contributed by atoms with Crippen LogP contribution < -0.4 is 15.2 Å². The summed E-state index contributed by atoms with van der Waals surface area (Å²) in [6, 6.07) is 17.4. The van der Waals surface area contributed by atoms with Crippen molar-refractivity contribution >= 4 is 22.4 Å². The molecule has 1 fully saturated rings. The van der Waals surface area contributed by atoms with Gasteiger partial charge in [0, 0.05) is 53.1 Å². The zero-order valence-electron chi connectivity index (χ0n) is 28.3. The second-order valence-electron chi connectivity index (χ2n) is 13.3. The van der Waals surface area contributed by atoms with Gasteiger partial charge in [0.05, 0.1) is 22.8 Å². The number of carbonyl (C=O) groups is 1. The number of halogens is 1. The number of anilines is 1. The Hall–Kier alpha value is -5.44. The fourth-order valence-corrected chi connectivity index (χ4v) is 7.60. The Balaban J connectivity index is 1.69. The van der Waals surface area contributed by atoms with Crippen molar-refractivity contribution in [2.75, 3.05) is 24.6 Å². The molecule has 2 atom stereocenters. The normalized spacial score (nSPS) is 17.1. The van der Waals surface area contributed by atoms with Crippen molar-refractivity contribution in [3.63, 3.8) is 0 Å². The van der Waals surface area contributed by atoms with Crippen LogP contribution in [0.25, 0.3) is 38.7 Å². The van der Waals surface area contributed by atoms with Gasteiger partial charge >= 0.3 is 0 Å². The molecule has 2 aliphatic heterocycles. The van der Waals surface area contributed by atoms with Crippen LogP contribution in [-0.2, 0) is 4.79 Å². The fourth-order valence-electron chi connectivity index (χ4n) is 7.60. The second-order valence-corrected chi connectivity index (χ2v) is 13.3. The summed E-state index contributed by atoms with van der Waals surface area (Å²) in [4.78, 5) is 37.0. The lowest BCUT2D eigenvalue weighted by Gasteiger charge is -2.49. The SMILES string of the molecule is C=CC(=O)N1CC2COc3c(-c4ccccc4)c(-c4c(C)ccnc4C(C)C)c4c(=O)n(-c5c(O)cccc5F)c(C)cc4c3N2CC1C. The van der Waals surface area contributed by atoms with Gasteiger partial charge in [-0.15, -0.1) is 0 Å². The summed E-state index contributed by atoms with van der Waals surface area (Å²) < 4.78 is 23.6. The van der Waals surface area contributed by atoms with Crippen LogP contribution in [0.15, 0.2) is 84.3 Å². The Morgan fingerprint density at radius 3 is 2.49 bits per heavy atom. The maximum absolute atomic E-state index is 15.6. The van der Waals surface area contributed by atoms with E-state index in [1.165, 1.54) is 28.8 Å². The number of carbonyl (C=O) groups excluding carboxylic acids is 1. The lowest BCUT2D eigenvalue weighted by molar-refractivity contribution is -0.129. The number of aryl methyl sites for hydroxylation is 2. The van der Waals surface area contributed by atoms with Crippen LogP contribution in [0.1, 0.15) is 43.6 Å². The molecule has 1 N–H and O–H groups in total. The first-order chi connectivity index (χ1) is 23.5. The Bertz CT molecular complexity index is 2190. The molecule has 4 heterocycles.